The first-order valence-corrected chi connectivity index (χ1v) is 10.8. The van der Waals surface area contributed by atoms with Crippen LogP contribution in [0.2, 0.25) is 0 Å². The summed E-state index contributed by atoms with van der Waals surface area (Å²) in [7, 11) is -1.68. The molecule has 0 heterocycles. The van der Waals surface area contributed by atoms with Crippen molar-refractivity contribution in [2.45, 2.75) is 39.5 Å². The van der Waals surface area contributed by atoms with E-state index in [4.69, 9.17) is 40.7 Å². The minimum Gasteiger partial charge on any atom is -0.759 e. The summed E-state index contributed by atoms with van der Waals surface area (Å²) in [5, 5.41) is 1.38. The van der Waals surface area contributed by atoms with Crippen LogP contribution in [0.5, 0.6) is 0 Å². The summed E-state index contributed by atoms with van der Waals surface area (Å²) in [5.41, 5.74) is 11.1. The van der Waals surface area contributed by atoms with E-state index in [0.717, 1.165) is 11.5 Å². The van der Waals surface area contributed by atoms with E-state index in [-0.39, 0.29) is 0 Å². The first-order valence-electron chi connectivity index (χ1n) is 7.50. The standard InChI is InChI=1S/2C6H15N3S.H2O4S/c2*1-3-4-5-10-6(7)9(2)8;1-5(2,3)4/h2*7H,3-5,8H2,1-2H3;(H2,1,2,3,4). The van der Waals surface area contributed by atoms with Crippen LogP contribution >= 0.6 is 23.5 Å². The third-order valence-corrected chi connectivity index (χ3v) is 4.34. The fourth-order valence-corrected chi connectivity index (χ4v) is 2.54. The van der Waals surface area contributed by atoms with Gasteiger partial charge < -0.3 is 9.11 Å². The van der Waals surface area contributed by atoms with E-state index in [1.165, 1.54) is 35.1 Å². The van der Waals surface area contributed by atoms with Crippen LogP contribution < -0.4 is 23.2 Å². The average Bonchev–Trinajstić information content (AvgIpc) is 2.46. The maximum Gasteiger partial charge on any atom is 0.326 e. The number of nitrogens with zero attached hydrogens (tertiary/aromatic N) is 2. The quantitative estimate of drug-likeness (QED) is 0.0628. The molecule has 13 heteroatoms. The largest absolute Gasteiger partial charge is 0.759 e. The number of hydrazone groups is 2. The van der Waals surface area contributed by atoms with E-state index in [1.54, 1.807) is 37.6 Å². The van der Waals surface area contributed by atoms with Crippen LogP contribution in [0.15, 0.2) is 0 Å². The van der Waals surface area contributed by atoms with Crippen LogP contribution in [0.25, 0.3) is 0 Å². The zero-order valence-corrected chi connectivity index (χ0v) is 17.8. The van der Waals surface area contributed by atoms with Crippen molar-refractivity contribution in [2.24, 2.45) is 23.2 Å². The number of rotatable bonds is 6. The molecule has 10 nitrogen and oxygen atoms in total. The van der Waals surface area contributed by atoms with Crippen LogP contribution in [0.3, 0.4) is 0 Å². The van der Waals surface area contributed by atoms with E-state index in [2.05, 4.69) is 13.8 Å². The second-order valence-electron chi connectivity index (χ2n) is 4.71. The predicted molar refractivity (Wildman–Crippen MR) is 104 cm³/mol. The van der Waals surface area contributed by atoms with Gasteiger partial charge in [0.2, 0.25) is 0 Å². The highest BCUT2D eigenvalue weighted by atomic mass is 32.3. The summed E-state index contributed by atoms with van der Waals surface area (Å²) in [6.45, 7) is 4.31. The SMILES string of the molecule is CCCCS/C(N)=[N+](/C)N.CCCCS/C(N)=[N+](/C)N.O=S(=O)([O-])[O-]. The number of nitrogens with two attached hydrogens (primary N) is 4. The molecule has 0 aromatic carbocycles. The van der Waals surface area contributed by atoms with Gasteiger partial charge in [-0.15, -0.1) is 0 Å². The minimum atomic E-state index is -5.17. The van der Waals surface area contributed by atoms with Gasteiger partial charge in [-0.2, -0.15) is 9.37 Å². The minimum absolute atomic E-state index is 0.688. The number of hydrogen-bond donors (Lipinski definition) is 4. The monoisotopic (exact) mass is 420 g/mol. The molecule has 0 radical (unpaired) electrons. The second kappa shape index (κ2) is 17.9. The van der Waals surface area contributed by atoms with Gasteiger partial charge in [-0.3, -0.25) is 31.6 Å². The lowest BCUT2D eigenvalue weighted by Crippen LogP contribution is -2.27. The molecule has 0 bridgehead atoms. The summed E-state index contributed by atoms with van der Waals surface area (Å²) in [4.78, 5) is 0. The van der Waals surface area contributed by atoms with Gasteiger partial charge in [-0.1, -0.05) is 26.7 Å². The highest BCUT2D eigenvalue weighted by Crippen LogP contribution is 2.02. The van der Waals surface area contributed by atoms with Crippen molar-refractivity contribution in [3.63, 3.8) is 0 Å². The Balaban J connectivity index is -0.000000308. The topological polar surface area (TPSA) is 190 Å². The third-order valence-electron chi connectivity index (χ3n) is 2.19. The van der Waals surface area contributed by atoms with Crippen LogP contribution in [0.1, 0.15) is 39.5 Å². The molecule has 0 fully saturated rings. The number of unbranched alkanes of at least 4 members (excludes halogenated alkanes) is 2. The van der Waals surface area contributed by atoms with Gasteiger partial charge >= 0.3 is 10.3 Å². The molecule has 0 atom stereocenters. The van der Waals surface area contributed by atoms with E-state index in [0.29, 0.717) is 10.3 Å². The van der Waals surface area contributed by atoms with Crippen LogP contribution in [0, 0.1) is 0 Å². The van der Waals surface area contributed by atoms with Crippen molar-refractivity contribution in [1.82, 2.24) is 0 Å². The van der Waals surface area contributed by atoms with E-state index in [9.17, 15) is 0 Å². The molecule has 0 aromatic rings. The Morgan fingerprint density at radius 3 is 1.28 bits per heavy atom. The molecule has 0 aliphatic rings. The van der Waals surface area contributed by atoms with Crippen LogP contribution in [-0.4, -0.2) is 62.8 Å². The molecule has 0 saturated carbocycles. The molecule has 0 unspecified atom stereocenters. The van der Waals surface area contributed by atoms with Crippen LogP contribution in [0.4, 0.5) is 0 Å². The van der Waals surface area contributed by atoms with Crippen molar-refractivity contribution in [1.29, 1.82) is 0 Å². The van der Waals surface area contributed by atoms with Crippen molar-refractivity contribution in [2.75, 3.05) is 25.6 Å². The van der Waals surface area contributed by atoms with Crippen molar-refractivity contribution < 1.29 is 26.9 Å². The van der Waals surface area contributed by atoms with Gasteiger partial charge in [-0.05, 0) is 36.4 Å². The number of hydrazine groups is 2. The van der Waals surface area contributed by atoms with Crippen molar-refractivity contribution >= 4 is 44.3 Å². The Hall–Kier alpha value is -0.890. The smallest absolute Gasteiger partial charge is 0.326 e. The predicted octanol–water partition coefficient (Wildman–Crippen LogP) is -0.637. The molecule has 0 aromatic heterocycles. The molecule has 0 amide bonds. The lowest BCUT2D eigenvalue weighted by atomic mass is 10.4. The molecule has 0 aliphatic heterocycles. The summed E-state index contributed by atoms with van der Waals surface area (Å²) in [5.74, 6) is 12.9. The Morgan fingerprint density at radius 1 is 0.880 bits per heavy atom. The molecular formula is C12H32N6O4S3. The highest BCUT2D eigenvalue weighted by Gasteiger charge is 2.01. The van der Waals surface area contributed by atoms with Crippen LogP contribution in [-0.2, 0) is 10.4 Å². The molecule has 8 N–H and O–H groups in total. The number of amidine groups is 2. The summed E-state index contributed by atoms with van der Waals surface area (Å²) in [6, 6.07) is 0. The Kier molecular flexibility index (Phi) is 20.7. The molecule has 0 aliphatic carbocycles. The molecular weight excluding hydrogens is 388 g/mol. The zero-order valence-electron chi connectivity index (χ0n) is 15.3. The fraction of sp³-hybridized carbons (Fsp3) is 0.833. The molecule has 0 rings (SSSR count). The van der Waals surface area contributed by atoms with E-state index in [1.807, 2.05) is 0 Å². The maximum absolute atomic E-state index is 8.52. The van der Waals surface area contributed by atoms with E-state index >= 15 is 0 Å². The number of hydrogen-bond acceptors (Lipinski definition) is 8. The Labute approximate surface area is 159 Å². The van der Waals surface area contributed by atoms with Crippen molar-refractivity contribution in [3.05, 3.63) is 0 Å². The van der Waals surface area contributed by atoms with Gasteiger partial charge in [0.15, 0.2) is 0 Å². The Bertz CT molecular complexity index is 451. The zero-order chi connectivity index (χ0) is 20.5. The van der Waals surface area contributed by atoms with Gasteiger partial charge in [0.1, 0.15) is 14.1 Å². The third kappa shape index (κ3) is 35.2. The van der Waals surface area contributed by atoms with Gasteiger partial charge in [0, 0.05) is 21.9 Å². The first-order chi connectivity index (χ1) is 11.4. The lowest BCUT2D eigenvalue weighted by molar-refractivity contribution is -0.507. The number of thioether (sulfide) groups is 2. The molecule has 152 valence electrons. The van der Waals surface area contributed by atoms with Gasteiger partial charge in [0.25, 0.3) is 0 Å². The van der Waals surface area contributed by atoms with Gasteiger partial charge in [0.05, 0.1) is 0 Å². The summed E-state index contributed by atoms with van der Waals surface area (Å²) >= 11 is 3.21. The summed E-state index contributed by atoms with van der Waals surface area (Å²) < 4.78 is 37.0. The van der Waals surface area contributed by atoms with Crippen molar-refractivity contribution in [3.8, 4) is 0 Å². The second-order valence-corrected chi connectivity index (χ2v) is 7.76. The maximum atomic E-state index is 8.52. The molecule has 0 saturated heterocycles. The Morgan fingerprint density at radius 2 is 1.12 bits per heavy atom. The molecule has 0 spiro atoms. The molecule has 25 heavy (non-hydrogen) atoms. The average molecular weight is 421 g/mol. The van der Waals surface area contributed by atoms with E-state index < -0.39 is 10.4 Å². The summed E-state index contributed by atoms with van der Waals surface area (Å²) in [6.07, 6.45) is 4.79. The lowest BCUT2D eigenvalue weighted by Gasteiger charge is -2.06. The van der Waals surface area contributed by atoms with Gasteiger partial charge in [-0.25, -0.2) is 0 Å². The highest BCUT2D eigenvalue weighted by molar-refractivity contribution is 8.13. The normalized spacial score (nSPS) is 12.7. The fourth-order valence-electron chi connectivity index (χ4n) is 0.846. The first kappa shape index (κ1) is 28.9.